The number of rotatable bonds is 4. The average molecular weight is 378 g/mol. The van der Waals surface area contributed by atoms with E-state index >= 15 is 0 Å². The molecule has 3 heterocycles. The zero-order valence-corrected chi connectivity index (χ0v) is 15.7. The summed E-state index contributed by atoms with van der Waals surface area (Å²) in [4.78, 5) is 29.2. The Hall–Kier alpha value is -3.42. The van der Waals surface area contributed by atoms with Gasteiger partial charge in [-0.15, -0.1) is 0 Å². The summed E-state index contributed by atoms with van der Waals surface area (Å²) in [6.07, 6.45) is 5.53. The molecule has 1 N–H and O–H groups in total. The predicted octanol–water partition coefficient (Wildman–Crippen LogP) is 3.05. The Morgan fingerprint density at radius 3 is 2.79 bits per heavy atom. The Balaban J connectivity index is 1.36. The lowest BCUT2D eigenvalue weighted by Crippen LogP contribution is -2.50. The van der Waals surface area contributed by atoms with Crippen LogP contribution < -0.4 is 10.2 Å². The van der Waals surface area contributed by atoms with Crippen molar-refractivity contribution < 1.29 is 9.21 Å². The minimum Gasteiger partial charge on any atom is -0.444 e. The smallest absolute Gasteiger partial charge is 0.321 e. The number of carbonyl (C=O) groups excluding carboxylic acids is 1. The number of nitrogens with zero attached hydrogens (tertiary/aromatic N) is 5. The summed E-state index contributed by atoms with van der Waals surface area (Å²) in [5.74, 6) is 1.59. The van der Waals surface area contributed by atoms with Crippen LogP contribution in [-0.2, 0) is 6.42 Å². The summed E-state index contributed by atoms with van der Waals surface area (Å²) in [5, 5.41) is 2.97. The van der Waals surface area contributed by atoms with Gasteiger partial charge >= 0.3 is 6.03 Å². The third-order valence-electron chi connectivity index (χ3n) is 4.79. The van der Waals surface area contributed by atoms with E-state index in [2.05, 4.69) is 32.1 Å². The first-order valence-electron chi connectivity index (χ1n) is 9.33. The Bertz CT molecular complexity index is 935. The molecule has 2 amide bonds. The van der Waals surface area contributed by atoms with Crippen LogP contribution >= 0.6 is 0 Å². The van der Waals surface area contributed by atoms with Gasteiger partial charge in [0.1, 0.15) is 12.1 Å². The van der Waals surface area contributed by atoms with Crippen molar-refractivity contribution in [2.24, 2.45) is 0 Å². The highest BCUT2D eigenvalue weighted by Crippen LogP contribution is 2.22. The first-order chi connectivity index (χ1) is 13.7. The number of aromatic nitrogens is 3. The average Bonchev–Trinajstić information content (AvgIpc) is 3.29. The van der Waals surface area contributed by atoms with E-state index in [-0.39, 0.29) is 6.03 Å². The monoisotopic (exact) mass is 378 g/mol. The summed E-state index contributed by atoms with van der Waals surface area (Å²) in [6, 6.07) is 9.45. The first-order valence-corrected chi connectivity index (χ1v) is 9.33. The van der Waals surface area contributed by atoms with Crippen LogP contribution in [0.25, 0.3) is 11.3 Å². The Labute approximate surface area is 163 Å². The third kappa shape index (κ3) is 3.95. The summed E-state index contributed by atoms with van der Waals surface area (Å²) in [5.41, 5.74) is 2.62. The van der Waals surface area contributed by atoms with Crippen LogP contribution in [0.3, 0.4) is 0 Å². The molecular weight excluding hydrogens is 356 g/mol. The lowest BCUT2D eigenvalue weighted by Gasteiger charge is -2.35. The molecule has 1 aromatic carbocycles. The van der Waals surface area contributed by atoms with E-state index in [0.717, 1.165) is 42.3 Å². The molecule has 0 spiro atoms. The number of benzene rings is 1. The van der Waals surface area contributed by atoms with Gasteiger partial charge in [-0.25, -0.2) is 19.7 Å². The molecule has 1 saturated heterocycles. The molecule has 28 heavy (non-hydrogen) atoms. The molecular formula is C20H22N6O2. The van der Waals surface area contributed by atoms with Crippen molar-refractivity contribution in [3.63, 3.8) is 0 Å². The van der Waals surface area contributed by atoms with Gasteiger partial charge in [0.25, 0.3) is 0 Å². The van der Waals surface area contributed by atoms with Crippen molar-refractivity contribution >= 4 is 17.5 Å². The molecule has 0 unspecified atom stereocenters. The number of carbonyl (C=O) groups is 1. The van der Waals surface area contributed by atoms with Crippen molar-refractivity contribution in [3.8, 4) is 11.3 Å². The van der Waals surface area contributed by atoms with Gasteiger partial charge in [0.2, 0.25) is 0 Å². The van der Waals surface area contributed by atoms with E-state index in [1.54, 1.807) is 12.5 Å². The van der Waals surface area contributed by atoms with E-state index in [1.807, 2.05) is 35.2 Å². The molecule has 2 aromatic heterocycles. The van der Waals surface area contributed by atoms with Gasteiger partial charge < -0.3 is 19.5 Å². The quantitative estimate of drug-likeness (QED) is 0.751. The molecule has 0 radical (unpaired) electrons. The van der Waals surface area contributed by atoms with E-state index in [9.17, 15) is 4.79 Å². The fraction of sp³-hybridized carbons (Fsp3) is 0.300. The van der Waals surface area contributed by atoms with Crippen LogP contribution in [0.15, 0.2) is 53.7 Å². The molecule has 0 aliphatic carbocycles. The molecule has 8 nitrogen and oxygen atoms in total. The summed E-state index contributed by atoms with van der Waals surface area (Å²) in [7, 11) is 0. The second-order valence-corrected chi connectivity index (χ2v) is 6.57. The molecule has 4 rings (SSSR count). The molecule has 8 heteroatoms. The topological polar surface area (TPSA) is 87.4 Å². The van der Waals surface area contributed by atoms with Gasteiger partial charge in [-0.2, -0.15) is 0 Å². The van der Waals surface area contributed by atoms with E-state index in [4.69, 9.17) is 4.42 Å². The number of urea groups is 1. The minimum absolute atomic E-state index is 0.105. The molecule has 0 bridgehead atoms. The highest BCUT2D eigenvalue weighted by Gasteiger charge is 2.22. The van der Waals surface area contributed by atoms with Gasteiger partial charge in [-0.3, -0.25) is 0 Å². The SMILES string of the molecule is CCc1cc(N2CCN(C(=O)Nc3cccc(-c4cnco4)c3)CC2)ncn1. The summed E-state index contributed by atoms with van der Waals surface area (Å²) >= 11 is 0. The largest absolute Gasteiger partial charge is 0.444 e. The molecule has 1 fully saturated rings. The zero-order chi connectivity index (χ0) is 19.3. The van der Waals surface area contributed by atoms with Gasteiger partial charge in [-0.05, 0) is 18.6 Å². The second kappa shape index (κ2) is 8.08. The van der Waals surface area contributed by atoms with Gasteiger partial charge in [0.05, 0.1) is 6.20 Å². The highest BCUT2D eigenvalue weighted by molar-refractivity contribution is 5.90. The van der Waals surface area contributed by atoms with Crippen molar-refractivity contribution in [2.45, 2.75) is 13.3 Å². The maximum Gasteiger partial charge on any atom is 0.321 e. The lowest BCUT2D eigenvalue weighted by atomic mass is 10.1. The predicted molar refractivity (Wildman–Crippen MR) is 106 cm³/mol. The van der Waals surface area contributed by atoms with Gasteiger partial charge in [-0.1, -0.05) is 19.1 Å². The number of hydrogen-bond donors (Lipinski definition) is 1. The van der Waals surface area contributed by atoms with Crippen molar-refractivity contribution in [1.29, 1.82) is 0 Å². The van der Waals surface area contributed by atoms with Gasteiger partial charge in [0.15, 0.2) is 12.2 Å². The zero-order valence-electron chi connectivity index (χ0n) is 15.7. The highest BCUT2D eigenvalue weighted by atomic mass is 16.3. The fourth-order valence-electron chi connectivity index (χ4n) is 3.20. The van der Waals surface area contributed by atoms with Crippen molar-refractivity contribution in [1.82, 2.24) is 19.9 Å². The van der Waals surface area contributed by atoms with Crippen molar-refractivity contribution in [2.75, 3.05) is 36.4 Å². The maximum atomic E-state index is 12.6. The van der Waals surface area contributed by atoms with E-state index in [0.29, 0.717) is 18.8 Å². The third-order valence-corrected chi connectivity index (χ3v) is 4.79. The number of aryl methyl sites for hydroxylation is 1. The number of hydrogen-bond acceptors (Lipinski definition) is 6. The van der Waals surface area contributed by atoms with Crippen LogP contribution in [0.4, 0.5) is 16.3 Å². The Kier molecular flexibility index (Phi) is 5.18. The molecule has 0 atom stereocenters. The number of amides is 2. The fourth-order valence-corrected chi connectivity index (χ4v) is 3.20. The molecule has 0 saturated carbocycles. The Morgan fingerprint density at radius 1 is 1.18 bits per heavy atom. The molecule has 3 aromatic rings. The first kappa shape index (κ1) is 18.0. The number of piperazine rings is 1. The van der Waals surface area contributed by atoms with Crippen LogP contribution in [0.1, 0.15) is 12.6 Å². The van der Waals surface area contributed by atoms with Crippen LogP contribution in [0.2, 0.25) is 0 Å². The lowest BCUT2D eigenvalue weighted by molar-refractivity contribution is 0.208. The van der Waals surface area contributed by atoms with Gasteiger partial charge in [0, 0.05) is 49.2 Å². The molecule has 1 aliphatic rings. The minimum atomic E-state index is -0.105. The normalized spacial score (nSPS) is 14.2. The van der Waals surface area contributed by atoms with Crippen LogP contribution in [0.5, 0.6) is 0 Å². The number of nitrogens with one attached hydrogen (secondary N) is 1. The summed E-state index contributed by atoms with van der Waals surface area (Å²) < 4.78 is 5.32. The number of oxazole rings is 1. The van der Waals surface area contributed by atoms with Crippen LogP contribution in [-0.4, -0.2) is 52.1 Å². The molecule has 144 valence electrons. The van der Waals surface area contributed by atoms with Crippen molar-refractivity contribution in [3.05, 3.63) is 54.9 Å². The standard InChI is InChI=1S/C20H22N6O2/c1-2-16-11-19(23-13-22-16)25-6-8-26(9-7-25)20(27)24-17-5-3-4-15(10-17)18-12-21-14-28-18/h3-5,10-14H,2,6-9H2,1H3,(H,24,27). The maximum absolute atomic E-state index is 12.6. The van der Waals surface area contributed by atoms with E-state index in [1.165, 1.54) is 6.39 Å². The van der Waals surface area contributed by atoms with E-state index < -0.39 is 0 Å². The molecule has 1 aliphatic heterocycles. The summed E-state index contributed by atoms with van der Waals surface area (Å²) in [6.45, 7) is 4.83. The Morgan fingerprint density at radius 2 is 2.04 bits per heavy atom. The number of anilines is 2. The second-order valence-electron chi connectivity index (χ2n) is 6.57. The van der Waals surface area contributed by atoms with Crippen LogP contribution in [0, 0.1) is 0 Å².